The van der Waals surface area contributed by atoms with E-state index in [-0.39, 0.29) is 24.0 Å². The van der Waals surface area contributed by atoms with Gasteiger partial charge in [-0.25, -0.2) is 0 Å². The summed E-state index contributed by atoms with van der Waals surface area (Å²) in [5, 5.41) is 3.08. The standard InChI is InChI=1S/C23H32N4O2.HI/c1-28-22-10-5-9-20(17-22)26-23(24)25-13-6-16-29-21-11-14-27(15-12-21)18-19-7-3-2-4-8-19;/h2-5,7-10,17,21H,6,11-16,18H2,1H3,(H3,24,25,26);1H. The average molecular weight is 524 g/mol. The summed E-state index contributed by atoms with van der Waals surface area (Å²) in [6.07, 6.45) is 3.41. The third-order valence-corrected chi connectivity index (χ3v) is 5.06. The molecule has 164 valence electrons. The number of hydrogen-bond acceptors (Lipinski definition) is 4. The van der Waals surface area contributed by atoms with Gasteiger partial charge in [-0.15, -0.1) is 24.0 Å². The van der Waals surface area contributed by atoms with Crippen LogP contribution in [-0.4, -0.2) is 50.3 Å². The SMILES string of the molecule is COc1cccc(NC(N)=NCCCOC2CCN(Cc3ccccc3)CC2)c1.I. The van der Waals surface area contributed by atoms with E-state index >= 15 is 0 Å². The smallest absolute Gasteiger partial charge is 0.193 e. The van der Waals surface area contributed by atoms with Crippen LogP contribution in [0.3, 0.4) is 0 Å². The molecule has 0 aromatic heterocycles. The van der Waals surface area contributed by atoms with Gasteiger partial charge >= 0.3 is 0 Å². The summed E-state index contributed by atoms with van der Waals surface area (Å²) in [6.45, 7) is 4.58. The summed E-state index contributed by atoms with van der Waals surface area (Å²) in [6, 6.07) is 18.3. The van der Waals surface area contributed by atoms with E-state index in [0.717, 1.165) is 56.9 Å². The first kappa shape index (κ1) is 24.4. The van der Waals surface area contributed by atoms with Gasteiger partial charge in [-0.2, -0.15) is 0 Å². The van der Waals surface area contributed by atoms with Crippen LogP contribution in [0.1, 0.15) is 24.8 Å². The largest absolute Gasteiger partial charge is 0.497 e. The summed E-state index contributed by atoms with van der Waals surface area (Å²) in [4.78, 5) is 6.88. The van der Waals surface area contributed by atoms with Gasteiger partial charge in [-0.05, 0) is 37.0 Å². The average Bonchev–Trinajstić information content (AvgIpc) is 2.75. The Morgan fingerprint density at radius 1 is 1.13 bits per heavy atom. The van der Waals surface area contributed by atoms with Gasteiger partial charge in [0, 0.05) is 44.5 Å². The number of ether oxygens (including phenoxy) is 2. The van der Waals surface area contributed by atoms with E-state index in [9.17, 15) is 0 Å². The highest BCUT2D eigenvalue weighted by Gasteiger charge is 2.19. The van der Waals surface area contributed by atoms with Gasteiger partial charge in [0.2, 0.25) is 0 Å². The van der Waals surface area contributed by atoms with E-state index in [0.29, 0.717) is 18.6 Å². The van der Waals surface area contributed by atoms with Crippen LogP contribution in [0.25, 0.3) is 0 Å². The molecule has 0 unspecified atom stereocenters. The molecule has 0 aliphatic carbocycles. The Bertz CT molecular complexity index is 765. The molecule has 0 atom stereocenters. The molecule has 1 heterocycles. The molecule has 1 fully saturated rings. The van der Waals surface area contributed by atoms with E-state index in [2.05, 4.69) is 45.5 Å². The molecule has 30 heavy (non-hydrogen) atoms. The summed E-state index contributed by atoms with van der Waals surface area (Å²) in [7, 11) is 1.64. The number of nitrogens with zero attached hydrogens (tertiary/aromatic N) is 2. The van der Waals surface area contributed by atoms with Crippen LogP contribution in [0.4, 0.5) is 5.69 Å². The summed E-state index contributed by atoms with van der Waals surface area (Å²) < 4.78 is 11.2. The predicted octanol–water partition coefficient (Wildman–Crippen LogP) is 4.11. The molecule has 0 saturated carbocycles. The second-order valence-electron chi connectivity index (χ2n) is 7.31. The number of nitrogens with one attached hydrogen (secondary N) is 1. The number of piperidine rings is 1. The maximum atomic E-state index is 6.04. The molecule has 0 bridgehead atoms. The lowest BCUT2D eigenvalue weighted by Crippen LogP contribution is -2.36. The molecule has 3 N–H and O–H groups in total. The molecule has 0 amide bonds. The van der Waals surface area contributed by atoms with E-state index in [1.165, 1.54) is 5.56 Å². The predicted molar refractivity (Wildman–Crippen MR) is 134 cm³/mol. The molecular formula is C23H33IN4O2. The number of rotatable bonds is 9. The number of aliphatic imine (C=N–C) groups is 1. The lowest BCUT2D eigenvalue weighted by molar-refractivity contribution is 0.00566. The Balaban J connectivity index is 0.00000320. The van der Waals surface area contributed by atoms with Crippen LogP contribution < -0.4 is 15.8 Å². The first-order valence-corrected chi connectivity index (χ1v) is 10.3. The molecule has 1 aliphatic heterocycles. The van der Waals surface area contributed by atoms with Crippen LogP contribution in [0, 0.1) is 0 Å². The van der Waals surface area contributed by atoms with Gasteiger partial charge in [0.1, 0.15) is 5.75 Å². The monoisotopic (exact) mass is 524 g/mol. The first-order valence-electron chi connectivity index (χ1n) is 10.3. The van der Waals surface area contributed by atoms with Gasteiger partial charge in [0.05, 0.1) is 13.2 Å². The van der Waals surface area contributed by atoms with Crippen molar-refractivity contribution in [2.24, 2.45) is 10.7 Å². The highest BCUT2D eigenvalue weighted by molar-refractivity contribution is 14.0. The molecule has 6 nitrogen and oxygen atoms in total. The Labute approximate surface area is 196 Å². The van der Waals surface area contributed by atoms with Gasteiger partial charge in [0.25, 0.3) is 0 Å². The van der Waals surface area contributed by atoms with Crippen molar-refractivity contribution >= 4 is 35.6 Å². The van der Waals surface area contributed by atoms with Gasteiger partial charge in [-0.3, -0.25) is 9.89 Å². The van der Waals surface area contributed by atoms with Crippen molar-refractivity contribution in [2.45, 2.75) is 31.9 Å². The van der Waals surface area contributed by atoms with E-state index in [4.69, 9.17) is 15.2 Å². The van der Waals surface area contributed by atoms with Crippen molar-refractivity contribution < 1.29 is 9.47 Å². The molecular weight excluding hydrogens is 491 g/mol. The second-order valence-corrected chi connectivity index (χ2v) is 7.31. The zero-order valence-corrected chi connectivity index (χ0v) is 20.0. The minimum Gasteiger partial charge on any atom is -0.497 e. The van der Waals surface area contributed by atoms with Crippen molar-refractivity contribution in [1.29, 1.82) is 0 Å². The fourth-order valence-corrected chi connectivity index (χ4v) is 3.48. The number of methoxy groups -OCH3 is 1. The fourth-order valence-electron chi connectivity index (χ4n) is 3.48. The Hall–Kier alpha value is -1.84. The second kappa shape index (κ2) is 13.5. The molecule has 2 aromatic rings. The van der Waals surface area contributed by atoms with Crippen LogP contribution in [0.2, 0.25) is 0 Å². The van der Waals surface area contributed by atoms with Crippen LogP contribution >= 0.6 is 24.0 Å². The normalized spacial score (nSPS) is 15.4. The van der Waals surface area contributed by atoms with Gasteiger partial charge in [0.15, 0.2) is 5.96 Å². The van der Waals surface area contributed by atoms with Crippen molar-refractivity contribution in [3.63, 3.8) is 0 Å². The zero-order valence-electron chi connectivity index (χ0n) is 17.6. The molecule has 0 radical (unpaired) electrons. The minimum absolute atomic E-state index is 0. The number of likely N-dealkylation sites (tertiary alicyclic amines) is 1. The van der Waals surface area contributed by atoms with Gasteiger partial charge in [-0.1, -0.05) is 36.4 Å². The molecule has 3 rings (SSSR count). The fraction of sp³-hybridized carbons (Fsp3) is 0.435. The molecule has 0 spiro atoms. The Morgan fingerprint density at radius 2 is 1.90 bits per heavy atom. The molecule has 2 aromatic carbocycles. The van der Waals surface area contributed by atoms with Crippen molar-refractivity contribution in [3.8, 4) is 5.75 Å². The number of nitrogens with two attached hydrogens (primary N) is 1. The van der Waals surface area contributed by atoms with Crippen molar-refractivity contribution in [2.75, 3.05) is 38.7 Å². The van der Waals surface area contributed by atoms with Crippen LogP contribution in [-0.2, 0) is 11.3 Å². The van der Waals surface area contributed by atoms with E-state index in [1.54, 1.807) is 7.11 Å². The molecule has 1 saturated heterocycles. The third kappa shape index (κ3) is 8.49. The summed E-state index contributed by atoms with van der Waals surface area (Å²) in [5.41, 5.74) is 8.20. The van der Waals surface area contributed by atoms with Crippen LogP contribution in [0.5, 0.6) is 5.75 Å². The maximum Gasteiger partial charge on any atom is 0.193 e. The first-order chi connectivity index (χ1) is 14.2. The zero-order chi connectivity index (χ0) is 20.3. The van der Waals surface area contributed by atoms with Crippen molar-refractivity contribution in [3.05, 3.63) is 60.2 Å². The minimum atomic E-state index is 0. The van der Waals surface area contributed by atoms with Gasteiger partial charge < -0.3 is 20.5 Å². The summed E-state index contributed by atoms with van der Waals surface area (Å²) >= 11 is 0. The number of halogens is 1. The molecule has 7 heteroatoms. The Morgan fingerprint density at radius 3 is 2.63 bits per heavy atom. The van der Waals surface area contributed by atoms with E-state index < -0.39 is 0 Å². The maximum absolute atomic E-state index is 6.04. The summed E-state index contributed by atoms with van der Waals surface area (Å²) in [5.74, 6) is 1.19. The third-order valence-electron chi connectivity index (χ3n) is 5.06. The van der Waals surface area contributed by atoms with E-state index in [1.807, 2.05) is 24.3 Å². The number of anilines is 1. The number of guanidine groups is 1. The lowest BCUT2D eigenvalue weighted by Gasteiger charge is -2.31. The molecule has 1 aliphatic rings. The topological polar surface area (TPSA) is 72.1 Å². The Kier molecular flexibility index (Phi) is 11.0. The van der Waals surface area contributed by atoms with Crippen LogP contribution in [0.15, 0.2) is 59.6 Å². The quantitative estimate of drug-likeness (QED) is 0.224. The number of benzene rings is 2. The number of hydrogen-bond donors (Lipinski definition) is 2. The highest BCUT2D eigenvalue weighted by atomic mass is 127. The van der Waals surface area contributed by atoms with Crippen molar-refractivity contribution in [1.82, 2.24) is 4.90 Å². The lowest BCUT2D eigenvalue weighted by atomic mass is 10.1. The highest BCUT2D eigenvalue weighted by Crippen LogP contribution is 2.17.